The molecule has 1 aromatic rings. The first-order valence-corrected chi connectivity index (χ1v) is 6.82. The smallest absolute Gasteiger partial charge is 0.307 e. The molecule has 1 fully saturated rings. The Morgan fingerprint density at radius 2 is 2.11 bits per heavy atom. The average molecular weight is 265 g/mol. The summed E-state index contributed by atoms with van der Waals surface area (Å²) >= 11 is 0. The van der Waals surface area contributed by atoms with Gasteiger partial charge in [-0.1, -0.05) is 12.1 Å². The van der Waals surface area contributed by atoms with Crippen LogP contribution in [-0.4, -0.2) is 18.6 Å². The zero-order chi connectivity index (χ0) is 13.7. The fraction of sp³-hybridized carbons (Fsp3) is 0.533. The summed E-state index contributed by atoms with van der Waals surface area (Å²) < 4.78 is 17.8. The molecule has 1 aliphatic carbocycles. The second-order valence-electron chi connectivity index (χ2n) is 4.96. The van der Waals surface area contributed by atoms with Gasteiger partial charge in [-0.2, -0.15) is 0 Å². The zero-order valence-corrected chi connectivity index (χ0v) is 11.2. The van der Waals surface area contributed by atoms with E-state index in [2.05, 4.69) is 5.32 Å². The minimum absolute atomic E-state index is 0.147. The lowest BCUT2D eigenvalue weighted by molar-refractivity contribution is -0.143. The van der Waals surface area contributed by atoms with Crippen LogP contribution in [0.5, 0.6) is 0 Å². The van der Waals surface area contributed by atoms with Crippen LogP contribution in [-0.2, 0) is 16.1 Å². The van der Waals surface area contributed by atoms with Crippen molar-refractivity contribution in [2.75, 3.05) is 6.61 Å². The van der Waals surface area contributed by atoms with E-state index in [0.29, 0.717) is 25.5 Å². The summed E-state index contributed by atoms with van der Waals surface area (Å²) in [6.45, 7) is 2.89. The Bertz CT molecular complexity index is 415. The molecule has 1 atom stereocenters. The molecular weight excluding hydrogens is 245 g/mol. The molecule has 0 radical (unpaired) electrons. The number of hydrogen-bond donors (Lipinski definition) is 1. The van der Waals surface area contributed by atoms with Crippen molar-refractivity contribution in [3.05, 3.63) is 35.6 Å². The van der Waals surface area contributed by atoms with Gasteiger partial charge in [0.05, 0.1) is 13.0 Å². The number of rotatable bonds is 7. The summed E-state index contributed by atoms with van der Waals surface area (Å²) in [6, 6.07) is 6.60. The quantitative estimate of drug-likeness (QED) is 0.770. The largest absolute Gasteiger partial charge is 0.466 e. The molecule has 0 bridgehead atoms. The summed E-state index contributed by atoms with van der Waals surface area (Å²) in [5.41, 5.74) is 1.02. The molecule has 1 saturated carbocycles. The number of halogens is 1. The Labute approximate surface area is 113 Å². The van der Waals surface area contributed by atoms with E-state index in [0.717, 1.165) is 5.56 Å². The Hall–Kier alpha value is -1.42. The standard InChI is InChI=1S/C15H20FNO2/c1-2-19-15(18)9-14(12-5-6-12)17-10-11-3-7-13(16)8-4-11/h3-4,7-8,12,14,17H,2,5-6,9-10H2,1H3. The molecule has 104 valence electrons. The van der Waals surface area contributed by atoms with Crippen molar-refractivity contribution < 1.29 is 13.9 Å². The van der Waals surface area contributed by atoms with Gasteiger partial charge in [-0.05, 0) is 43.4 Å². The number of ether oxygens (including phenoxy) is 1. The fourth-order valence-electron chi connectivity index (χ4n) is 2.15. The third kappa shape index (κ3) is 4.63. The molecule has 3 nitrogen and oxygen atoms in total. The molecule has 4 heteroatoms. The summed E-state index contributed by atoms with van der Waals surface area (Å²) in [7, 11) is 0. The van der Waals surface area contributed by atoms with Gasteiger partial charge in [-0.3, -0.25) is 4.79 Å². The van der Waals surface area contributed by atoms with E-state index in [-0.39, 0.29) is 17.8 Å². The number of nitrogens with one attached hydrogen (secondary N) is 1. The molecule has 1 aromatic carbocycles. The maximum Gasteiger partial charge on any atom is 0.307 e. The molecule has 0 amide bonds. The van der Waals surface area contributed by atoms with E-state index in [1.807, 2.05) is 6.92 Å². The van der Waals surface area contributed by atoms with E-state index < -0.39 is 0 Å². The van der Waals surface area contributed by atoms with Crippen molar-refractivity contribution in [1.29, 1.82) is 0 Å². The van der Waals surface area contributed by atoms with Crippen molar-refractivity contribution in [1.82, 2.24) is 5.32 Å². The molecule has 0 heterocycles. The third-order valence-corrected chi connectivity index (χ3v) is 3.36. The Morgan fingerprint density at radius 1 is 1.42 bits per heavy atom. The van der Waals surface area contributed by atoms with Gasteiger partial charge in [0.2, 0.25) is 0 Å². The molecule has 0 spiro atoms. The first kappa shape index (κ1) is 14.0. The van der Waals surface area contributed by atoms with Crippen molar-refractivity contribution >= 4 is 5.97 Å². The highest BCUT2D eigenvalue weighted by Crippen LogP contribution is 2.34. The highest BCUT2D eigenvalue weighted by Gasteiger charge is 2.32. The van der Waals surface area contributed by atoms with Crippen LogP contribution in [0.2, 0.25) is 0 Å². The molecule has 2 rings (SSSR count). The van der Waals surface area contributed by atoms with E-state index in [4.69, 9.17) is 4.74 Å². The normalized spacial score (nSPS) is 16.1. The number of hydrogen-bond acceptors (Lipinski definition) is 3. The molecule has 1 aliphatic rings. The predicted molar refractivity (Wildman–Crippen MR) is 71.0 cm³/mol. The molecule has 19 heavy (non-hydrogen) atoms. The lowest BCUT2D eigenvalue weighted by Crippen LogP contribution is -2.33. The van der Waals surface area contributed by atoms with Crippen LogP contribution >= 0.6 is 0 Å². The average Bonchev–Trinajstić information content (AvgIpc) is 3.21. The SMILES string of the molecule is CCOC(=O)CC(NCc1ccc(F)cc1)C1CC1. The van der Waals surface area contributed by atoms with Gasteiger partial charge in [-0.15, -0.1) is 0 Å². The van der Waals surface area contributed by atoms with Crippen molar-refractivity contribution in [3.8, 4) is 0 Å². The van der Waals surface area contributed by atoms with Gasteiger partial charge >= 0.3 is 5.97 Å². The summed E-state index contributed by atoms with van der Waals surface area (Å²) in [5.74, 6) is 0.199. The first-order valence-electron chi connectivity index (χ1n) is 6.82. The summed E-state index contributed by atoms with van der Waals surface area (Å²) in [4.78, 5) is 11.5. The van der Waals surface area contributed by atoms with Gasteiger partial charge in [0, 0.05) is 12.6 Å². The highest BCUT2D eigenvalue weighted by atomic mass is 19.1. The van der Waals surface area contributed by atoms with Crippen LogP contribution < -0.4 is 5.32 Å². The number of carbonyl (C=O) groups is 1. The predicted octanol–water partition coefficient (Wildman–Crippen LogP) is 2.65. The number of esters is 1. The number of benzene rings is 1. The Balaban J connectivity index is 1.83. The molecule has 0 aromatic heterocycles. The molecular formula is C15H20FNO2. The summed E-state index contributed by atoms with van der Waals surface area (Å²) in [6.07, 6.45) is 2.75. The van der Waals surface area contributed by atoms with Gasteiger partial charge in [0.15, 0.2) is 0 Å². The van der Waals surface area contributed by atoms with E-state index >= 15 is 0 Å². The van der Waals surface area contributed by atoms with Crippen molar-refractivity contribution in [3.63, 3.8) is 0 Å². The Kier molecular flexibility index (Phi) is 4.91. The van der Waals surface area contributed by atoms with Crippen LogP contribution in [0.15, 0.2) is 24.3 Å². The van der Waals surface area contributed by atoms with E-state index in [9.17, 15) is 9.18 Å². The first-order chi connectivity index (χ1) is 9.19. The van der Waals surface area contributed by atoms with Gasteiger partial charge in [0.25, 0.3) is 0 Å². The van der Waals surface area contributed by atoms with Crippen LogP contribution in [0.3, 0.4) is 0 Å². The minimum Gasteiger partial charge on any atom is -0.466 e. The fourth-order valence-corrected chi connectivity index (χ4v) is 2.15. The molecule has 0 aliphatic heterocycles. The van der Waals surface area contributed by atoms with Crippen molar-refractivity contribution in [2.45, 2.75) is 38.8 Å². The van der Waals surface area contributed by atoms with Crippen LogP contribution in [0, 0.1) is 11.7 Å². The zero-order valence-electron chi connectivity index (χ0n) is 11.2. The maximum atomic E-state index is 12.8. The van der Waals surface area contributed by atoms with Crippen LogP contribution in [0.1, 0.15) is 31.7 Å². The second kappa shape index (κ2) is 6.66. The Morgan fingerprint density at radius 3 is 2.68 bits per heavy atom. The molecule has 1 N–H and O–H groups in total. The minimum atomic E-state index is -0.228. The van der Waals surface area contributed by atoms with Crippen molar-refractivity contribution in [2.24, 2.45) is 5.92 Å². The summed E-state index contributed by atoms with van der Waals surface area (Å²) in [5, 5.41) is 3.38. The topological polar surface area (TPSA) is 38.3 Å². The highest BCUT2D eigenvalue weighted by molar-refractivity contribution is 5.70. The lowest BCUT2D eigenvalue weighted by Gasteiger charge is -2.17. The van der Waals surface area contributed by atoms with Crippen LogP contribution in [0.25, 0.3) is 0 Å². The third-order valence-electron chi connectivity index (χ3n) is 3.36. The molecule has 0 saturated heterocycles. The monoisotopic (exact) mass is 265 g/mol. The van der Waals surface area contributed by atoms with Crippen LogP contribution in [0.4, 0.5) is 4.39 Å². The van der Waals surface area contributed by atoms with E-state index in [1.165, 1.54) is 25.0 Å². The lowest BCUT2D eigenvalue weighted by atomic mass is 10.1. The van der Waals surface area contributed by atoms with E-state index in [1.54, 1.807) is 12.1 Å². The van der Waals surface area contributed by atoms with Gasteiger partial charge < -0.3 is 10.1 Å². The second-order valence-corrected chi connectivity index (χ2v) is 4.96. The molecule has 1 unspecified atom stereocenters. The number of carbonyl (C=O) groups excluding carboxylic acids is 1. The van der Waals surface area contributed by atoms with Gasteiger partial charge in [0.1, 0.15) is 5.82 Å². The maximum absolute atomic E-state index is 12.8. The van der Waals surface area contributed by atoms with Gasteiger partial charge in [-0.25, -0.2) is 4.39 Å².